The molecule has 0 bridgehead atoms. The van der Waals surface area contributed by atoms with Crippen molar-refractivity contribution in [2.45, 2.75) is 40.7 Å². The molecule has 0 saturated carbocycles. The topological polar surface area (TPSA) is 78.5 Å². The van der Waals surface area contributed by atoms with Gasteiger partial charge in [0.25, 0.3) is 5.91 Å². The maximum Gasteiger partial charge on any atom is 0.258 e. The Morgan fingerprint density at radius 3 is 2.29 bits per heavy atom. The van der Waals surface area contributed by atoms with Crippen molar-refractivity contribution in [1.29, 1.82) is 0 Å². The van der Waals surface area contributed by atoms with E-state index in [-0.39, 0.29) is 12.5 Å². The van der Waals surface area contributed by atoms with Crippen LogP contribution < -0.4 is 15.2 Å². The van der Waals surface area contributed by atoms with E-state index in [0.29, 0.717) is 5.75 Å². The lowest BCUT2D eigenvalue weighted by Gasteiger charge is -2.23. The van der Waals surface area contributed by atoms with E-state index >= 15 is 0 Å². The number of hydrogen-bond acceptors (Lipinski definition) is 4. The monoisotopic (exact) mass is 292 g/mol. The van der Waals surface area contributed by atoms with Crippen LogP contribution in [0, 0.1) is 26.7 Å². The van der Waals surface area contributed by atoms with Crippen LogP contribution in [0.25, 0.3) is 0 Å². The number of aryl methyl sites for hydroxylation is 2. The third-order valence-electron chi connectivity index (χ3n) is 3.46. The van der Waals surface area contributed by atoms with Gasteiger partial charge < -0.3 is 20.0 Å². The van der Waals surface area contributed by atoms with E-state index in [1.807, 2.05) is 32.9 Å². The van der Waals surface area contributed by atoms with E-state index in [9.17, 15) is 14.7 Å². The van der Waals surface area contributed by atoms with Crippen molar-refractivity contribution in [3.8, 4) is 5.75 Å². The number of carbonyl (C=O) groups is 2. The zero-order valence-corrected chi connectivity index (χ0v) is 13.1. The highest BCUT2D eigenvalue weighted by Gasteiger charge is 2.18. The van der Waals surface area contributed by atoms with Gasteiger partial charge in [0.1, 0.15) is 5.75 Å². The molecule has 0 saturated heterocycles. The zero-order chi connectivity index (χ0) is 16.2. The Labute approximate surface area is 125 Å². The van der Waals surface area contributed by atoms with Crippen LogP contribution in [0.3, 0.4) is 0 Å². The average Bonchev–Trinajstić information content (AvgIpc) is 2.39. The predicted octanol–water partition coefficient (Wildman–Crippen LogP) is 0.881. The second-order valence-electron chi connectivity index (χ2n) is 5.55. The number of amides is 1. The van der Waals surface area contributed by atoms with E-state index in [2.05, 4.69) is 5.32 Å². The van der Waals surface area contributed by atoms with Gasteiger partial charge in [0, 0.05) is 0 Å². The minimum absolute atomic E-state index is 0.221. The van der Waals surface area contributed by atoms with Crippen LogP contribution in [-0.4, -0.2) is 24.5 Å². The molecule has 1 rings (SSSR count). The number of rotatable bonds is 6. The van der Waals surface area contributed by atoms with Crippen LogP contribution in [0.2, 0.25) is 0 Å². The number of aliphatic carboxylic acids is 1. The molecule has 116 valence electrons. The smallest absolute Gasteiger partial charge is 0.258 e. The molecule has 0 spiro atoms. The van der Waals surface area contributed by atoms with Gasteiger partial charge in [-0.25, -0.2) is 0 Å². The number of carboxylic acid groups (broad SMARTS) is 1. The van der Waals surface area contributed by atoms with E-state index in [0.717, 1.165) is 16.7 Å². The standard InChI is InChI=1S/C16H23NO4/c1-9(2)14(16(19)20)17-13(18)8-21-15-11(4)7-6-10(3)12(15)5/h6-7,9,14H,8H2,1-5H3,(H,17,18)(H,19,20)/p-1/t14-/m0/s1. The molecule has 1 atom stereocenters. The van der Waals surface area contributed by atoms with Gasteiger partial charge in [-0.2, -0.15) is 0 Å². The van der Waals surface area contributed by atoms with Crippen molar-refractivity contribution < 1.29 is 19.4 Å². The largest absolute Gasteiger partial charge is 0.548 e. The summed E-state index contributed by atoms with van der Waals surface area (Å²) in [6.07, 6.45) is 0. The number of nitrogens with one attached hydrogen (secondary N) is 1. The molecule has 1 aromatic carbocycles. The molecule has 0 aromatic heterocycles. The summed E-state index contributed by atoms with van der Waals surface area (Å²) in [6.45, 7) is 8.98. The number of hydrogen-bond donors (Lipinski definition) is 1. The predicted molar refractivity (Wildman–Crippen MR) is 77.9 cm³/mol. The van der Waals surface area contributed by atoms with Crippen LogP contribution in [0.4, 0.5) is 0 Å². The molecular formula is C16H22NO4-. The highest BCUT2D eigenvalue weighted by Crippen LogP contribution is 2.25. The van der Waals surface area contributed by atoms with Gasteiger partial charge in [0.15, 0.2) is 6.61 Å². The molecule has 0 heterocycles. The normalized spacial score (nSPS) is 12.1. The summed E-state index contributed by atoms with van der Waals surface area (Å²) < 4.78 is 5.55. The van der Waals surface area contributed by atoms with Crippen LogP contribution in [0.5, 0.6) is 5.75 Å². The molecule has 0 aliphatic rings. The fourth-order valence-corrected chi connectivity index (χ4v) is 2.00. The molecule has 21 heavy (non-hydrogen) atoms. The van der Waals surface area contributed by atoms with Gasteiger partial charge in [-0.05, 0) is 43.4 Å². The quantitative estimate of drug-likeness (QED) is 0.844. The summed E-state index contributed by atoms with van der Waals surface area (Å²) in [5, 5.41) is 13.4. The third kappa shape index (κ3) is 4.48. The summed E-state index contributed by atoms with van der Waals surface area (Å²) in [5.41, 5.74) is 2.99. The minimum atomic E-state index is -1.29. The van der Waals surface area contributed by atoms with E-state index in [1.165, 1.54) is 0 Å². The Morgan fingerprint density at radius 2 is 1.76 bits per heavy atom. The van der Waals surface area contributed by atoms with Crippen LogP contribution in [-0.2, 0) is 9.59 Å². The van der Waals surface area contributed by atoms with Crippen LogP contribution in [0.1, 0.15) is 30.5 Å². The summed E-state index contributed by atoms with van der Waals surface area (Å²) >= 11 is 0. The maximum absolute atomic E-state index is 11.8. The van der Waals surface area contributed by atoms with Gasteiger partial charge >= 0.3 is 0 Å². The maximum atomic E-state index is 11.8. The van der Waals surface area contributed by atoms with E-state index in [1.54, 1.807) is 13.8 Å². The van der Waals surface area contributed by atoms with Gasteiger partial charge in [0.2, 0.25) is 0 Å². The number of carbonyl (C=O) groups excluding carboxylic acids is 2. The Kier molecular flexibility index (Phi) is 5.76. The zero-order valence-electron chi connectivity index (χ0n) is 13.1. The molecule has 0 radical (unpaired) electrons. The molecule has 0 unspecified atom stereocenters. The summed E-state index contributed by atoms with van der Waals surface area (Å²) in [4.78, 5) is 22.8. The van der Waals surface area contributed by atoms with Gasteiger partial charge in [-0.1, -0.05) is 26.0 Å². The van der Waals surface area contributed by atoms with Gasteiger partial charge in [-0.3, -0.25) is 4.79 Å². The number of ether oxygens (including phenoxy) is 1. The SMILES string of the molecule is Cc1ccc(C)c(OCC(=O)N[C@H](C(=O)[O-])C(C)C)c1C. The first-order valence-corrected chi connectivity index (χ1v) is 6.93. The van der Waals surface area contributed by atoms with Crippen molar-refractivity contribution in [3.05, 3.63) is 28.8 Å². The lowest BCUT2D eigenvalue weighted by Crippen LogP contribution is -2.51. The van der Waals surface area contributed by atoms with Crippen molar-refractivity contribution in [2.75, 3.05) is 6.61 Å². The fraction of sp³-hybridized carbons (Fsp3) is 0.500. The molecule has 0 aliphatic heterocycles. The van der Waals surface area contributed by atoms with Crippen molar-refractivity contribution >= 4 is 11.9 Å². The Hall–Kier alpha value is -2.04. The van der Waals surface area contributed by atoms with Gasteiger partial charge in [-0.15, -0.1) is 0 Å². The minimum Gasteiger partial charge on any atom is -0.548 e. The van der Waals surface area contributed by atoms with Crippen molar-refractivity contribution in [3.63, 3.8) is 0 Å². The van der Waals surface area contributed by atoms with Crippen LogP contribution in [0.15, 0.2) is 12.1 Å². The van der Waals surface area contributed by atoms with Crippen molar-refractivity contribution in [2.24, 2.45) is 5.92 Å². The van der Waals surface area contributed by atoms with Crippen LogP contribution >= 0.6 is 0 Å². The molecule has 5 nitrogen and oxygen atoms in total. The second-order valence-corrected chi connectivity index (χ2v) is 5.55. The Balaban J connectivity index is 2.70. The highest BCUT2D eigenvalue weighted by molar-refractivity contribution is 5.83. The first-order valence-electron chi connectivity index (χ1n) is 6.93. The van der Waals surface area contributed by atoms with E-state index in [4.69, 9.17) is 4.74 Å². The number of carboxylic acids is 1. The Morgan fingerprint density at radius 1 is 1.19 bits per heavy atom. The second kappa shape index (κ2) is 7.11. The molecule has 1 aromatic rings. The third-order valence-corrected chi connectivity index (χ3v) is 3.46. The van der Waals surface area contributed by atoms with E-state index < -0.39 is 17.9 Å². The number of benzene rings is 1. The van der Waals surface area contributed by atoms with Crippen molar-refractivity contribution in [1.82, 2.24) is 5.32 Å². The molecule has 0 aliphatic carbocycles. The molecule has 5 heteroatoms. The lowest BCUT2D eigenvalue weighted by atomic mass is 10.0. The Bertz CT molecular complexity index is 537. The lowest BCUT2D eigenvalue weighted by molar-refractivity contribution is -0.309. The molecule has 1 N–H and O–H groups in total. The fourth-order valence-electron chi connectivity index (χ4n) is 2.00. The van der Waals surface area contributed by atoms with Gasteiger partial charge in [0.05, 0.1) is 12.0 Å². The summed E-state index contributed by atoms with van der Waals surface area (Å²) in [6, 6.07) is 2.90. The highest BCUT2D eigenvalue weighted by atomic mass is 16.5. The molecule has 0 fully saturated rings. The summed E-state index contributed by atoms with van der Waals surface area (Å²) in [7, 11) is 0. The summed E-state index contributed by atoms with van der Waals surface area (Å²) in [5.74, 6) is -1.35. The average molecular weight is 292 g/mol. The molecule has 1 amide bonds. The first-order chi connectivity index (χ1) is 9.73. The first kappa shape index (κ1) is 17.0. The molecular weight excluding hydrogens is 270 g/mol.